The van der Waals surface area contributed by atoms with Crippen molar-refractivity contribution in [1.82, 2.24) is 9.97 Å². The number of fused-ring (bicyclic) bond motifs is 1. The number of halogens is 1. The van der Waals surface area contributed by atoms with Gasteiger partial charge in [0.2, 0.25) is 0 Å². The molecule has 1 heterocycles. The highest BCUT2D eigenvalue weighted by Gasteiger charge is 2.07. The highest BCUT2D eigenvalue weighted by atomic mass is 35.5. The number of nitrogens with zero attached hydrogens (tertiary/aromatic N) is 2. The maximum absolute atomic E-state index is 6.01. The van der Waals surface area contributed by atoms with E-state index in [0.29, 0.717) is 10.9 Å². The fourth-order valence-corrected chi connectivity index (χ4v) is 1.91. The molecule has 3 nitrogen and oxygen atoms in total. The van der Waals surface area contributed by atoms with Crippen molar-refractivity contribution >= 4 is 28.3 Å². The van der Waals surface area contributed by atoms with Gasteiger partial charge in [0.25, 0.3) is 0 Å². The quantitative estimate of drug-likeness (QED) is 0.909. The minimum Gasteiger partial charge on any atom is -0.369 e. The maximum Gasteiger partial charge on any atom is 0.137 e. The predicted octanol–water partition coefficient (Wildman–Crippen LogP) is 3.91. The van der Waals surface area contributed by atoms with E-state index in [-0.39, 0.29) is 0 Å². The molecule has 4 heteroatoms. The first-order chi connectivity index (χ1) is 8.60. The molecule has 2 aromatic rings. The Morgan fingerprint density at radius 1 is 1.28 bits per heavy atom. The van der Waals surface area contributed by atoms with E-state index in [0.717, 1.165) is 35.5 Å². The molecule has 0 aliphatic rings. The summed E-state index contributed by atoms with van der Waals surface area (Å²) in [7, 11) is 0. The molecule has 2 rings (SSSR count). The number of hydrogen-bond donors (Lipinski definition) is 1. The summed E-state index contributed by atoms with van der Waals surface area (Å²) in [5.41, 5.74) is 0.903. The second-order valence-electron chi connectivity index (χ2n) is 4.78. The zero-order chi connectivity index (χ0) is 13.1. The smallest absolute Gasteiger partial charge is 0.137 e. The molecule has 1 aromatic carbocycles. The Bertz CT molecular complexity index is 552. The lowest BCUT2D eigenvalue weighted by Gasteiger charge is -2.12. The minimum atomic E-state index is 0.576. The third-order valence-corrected chi connectivity index (χ3v) is 2.93. The van der Waals surface area contributed by atoms with Crippen LogP contribution in [0.25, 0.3) is 10.9 Å². The Morgan fingerprint density at radius 3 is 2.72 bits per heavy atom. The normalized spacial score (nSPS) is 11.2. The van der Waals surface area contributed by atoms with Gasteiger partial charge in [-0.2, -0.15) is 0 Å². The Hall–Kier alpha value is -1.35. The van der Waals surface area contributed by atoms with Gasteiger partial charge < -0.3 is 5.32 Å². The van der Waals surface area contributed by atoms with E-state index in [4.69, 9.17) is 11.6 Å². The molecule has 0 saturated heterocycles. The number of rotatable bonds is 4. The molecule has 1 aromatic heterocycles. The van der Waals surface area contributed by atoms with Crippen molar-refractivity contribution < 1.29 is 0 Å². The van der Waals surface area contributed by atoms with Crippen LogP contribution in [-0.2, 0) is 6.42 Å². The lowest BCUT2D eigenvalue weighted by Crippen LogP contribution is -2.11. The van der Waals surface area contributed by atoms with E-state index >= 15 is 0 Å². The van der Waals surface area contributed by atoms with E-state index in [1.807, 2.05) is 18.2 Å². The molecule has 0 aliphatic heterocycles. The number of aromatic nitrogens is 2. The number of benzene rings is 1. The fraction of sp³-hybridized carbons (Fsp3) is 0.429. The van der Waals surface area contributed by atoms with Crippen LogP contribution in [0.3, 0.4) is 0 Å². The van der Waals surface area contributed by atoms with Gasteiger partial charge in [0.1, 0.15) is 11.6 Å². The molecule has 96 valence electrons. The topological polar surface area (TPSA) is 37.8 Å². The molecule has 0 radical (unpaired) electrons. The Kier molecular flexibility index (Phi) is 4.02. The van der Waals surface area contributed by atoms with Crippen molar-refractivity contribution in [2.75, 3.05) is 11.9 Å². The Balaban J connectivity index is 2.48. The highest BCUT2D eigenvalue weighted by Crippen LogP contribution is 2.24. The van der Waals surface area contributed by atoms with Crippen molar-refractivity contribution in [3.05, 3.63) is 29.0 Å². The van der Waals surface area contributed by atoms with Crippen molar-refractivity contribution in [3.8, 4) is 0 Å². The molecule has 18 heavy (non-hydrogen) atoms. The van der Waals surface area contributed by atoms with Gasteiger partial charge in [-0.25, -0.2) is 9.97 Å². The Morgan fingerprint density at radius 2 is 2.06 bits per heavy atom. The van der Waals surface area contributed by atoms with Crippen molar-refractivity contribution in [1.29, 1.82) is 0 Å². The number of hydrogen-bond acceptors (Lipinski definition) is 3. The lowest BCUT2D eigenvalue weighted by atomic mass is 10.2. The summed E-state index contributed by atoms with van der Waals surface area (Å²) in [4.78, 5) is 9.06. The zero-order valence-corrected chi connectivity index (χ0v) is 11.8. The van der Waals surface area contributed by atoms with Crippen LogP contribution in [0.15, 0.2) is 18.2 Å². The van der Waals surface area contributed by atoms with Crippen LogP contribution < -0.4 is 5.32 Å². The van der Waals surface area contributed by atoms with E-state index in [9.17, 15) is 0 Å². The van der Waals surface area contributed by atoms with Gasteiger partial charge in [-0.15, -0.1) is 0 Å². The molecule has 0 bridgehead atoms. The van der Waals surface area contributed by atoms with Gasteiger partial charge in [0.15, 0.2) is 0 Å². The number of anilines is 1. The molecule has 0 atom stereocenters. The average Bonchev–Trinajstić information content (AvgIpc) is 2.34. The molecular formula is C14H18ClN3. The molecule has 0 aliphatic carbocycles. The summed E-state index contributed by atoms with van der Waals surface area (Å²) in [5, 5.41) is 5.12. The van der Waals surface area contributed by atoms with E-state index < -0.39 is 0 Å². The second-order valence-corrected chi connectivity index (χ2v) is 5.21. The van der Waals surface area contributed by atoms with Gasteiger partial charge in [0.05, 0.1) is 5.52 Å². The molecule has 0 amide bonds. The first kappa shape index (κ1) is 13.1. The fourth-order valence-electron chi connectivity index (χ4n) is 1.74. The molecule has 1 N–H and O–H groups in total. The van der Waals surface area contributed by atoms with Crippen LogP contribution in [0.4, 0.5) is 5.82 Å². The first-order valence-corrected chi connectivity index (χ1v) is 6.68. The van der Waals surface area contributed by atoms with Crippen LogP contribution >= 0.6 is 11.6 Å². The van der Waals surface area contributed by atoms with Crippen molar-refractivity contribution in [2.24, 2.45) is 5.92 Å². The number of nitrogens with one attached hydrogen (secondary N) is 1. The summed E-state index contributed by atoms with van der Waals surface area (Å²) in [5.74, 6) is 2.32. The summed E-state index contributed by atoms with van der Waals surface area (Å²) < 4.78 is 0. The lowest BCUT2D eigenvalue weighted by molar-refractivity contribution is 0.687. The third kappa shape index (κ3) is 2.91. The van der Waals surface area contributed by atoms with Crippen molar-refractivity contribution in [3.63, 3.8) is 0 Å². The van der Waals surface area contributed by atoms with Gasteiger partial charge in [-0.3, -0.25) is 0 Å². The van der Waals surface area contributed by atoms with Crippen LogP contribution in [0, 0.1) is 5.92 Å². The van der Waals surface area contributed by atoms with Crippen LogP contribution in [-0.4, -0.2) is 16.5 Å². The largest absolute Gasteiger partial charge is 0.369 e. The number of aryl methyl sites for hydroxylation is 1. The standard InChI is InChI=1S/C14H18ClN3/c1-4-13-17-12-7-10(15)5-6-11(12)14(18-13)16-8-9(2)3/h5-7,9H,4,8H2,1-3H3,(H,16,17,18). The van der Waals surface area contributed by atoms with Gasteiger partial charge >= 0.3 is 0 Å². The molecule has 0 saturated carbocycles. The monoisotopic (exact) mass is 263 g/mol. The summed E-state index contributed by atoms with van der Waals surface area (Å²) in [6.45, 7) is 7.30. The van der Waals surface area contributed by atoms with E-state index in [1.165, 1.54) is 0 Å². The summed E-state index contributed by atoms with van der Waals surface area (Å²) in [6, 6.07) is 5.73. The SMILES string of the molecule is CCc1nc(NCC(C)C)c2ccc(Cl)cc2n1. The first-order valence-electron chi connectivity index (χ1n) is 6.30. The Labute approximate surface area is 113 Å². The maximum atomic E-state index is 6.01. The molecule has 0 fully saturated rings. The average molecular weight is 264 g/mol. The van der Waals surface area contributed by atoms with E-state index in [2.05, 4.69) is 36.1 Å². The zero-order valence-electron chi connectivity index (χ0n) is 11.0. The van der Waals surface area contributed by atoms with Crippen LogP contribution in [0.1, 0.15) is 26.6 Å². The molecule has 0 unspecified atom stereocenters. The van der Waals surface area contributed by atoms with E-state index in [1.54, 1.807) is 0 Å². The van der Waals surface area contributed by atoms with Gasteiger partial charge in [-0.1, -0.05) is 32.4 Å². The molecule has 0 spiro atoms. The summed E-state index contributed by atoms with van der Waals surface area (Å²) >= 11 is 6.01. The van der Waals surface area contributed by atoms with Crippen LogP contribution in [0.2, 0.25) is 5.02 Å². The minimum absolute atomic E-state index is 0.576. The third-order valence-electron chi connectivity index (χ3n) is 2.70. The van der Waals surface area contributed by atoms with Crippen molar-refractivity contribution in [2.45, 2.75) is 27.2 Å². The van der Waals surface area contributed by atoms with Gasteiger partial charge in [-0.05, 0) is 24.1 Å². The predicted molar refractivity (Wildman–Crippen MR) is 77.3 cm³/mol. The van der Waals surface area contributed by atoms with Crippen LogP contribution in [0.5, 0.6) is 0 Å². The van der Waals surface area contributed by atoms with Gasteiger partial charge in [0, 0.05) is 23.4 Å². The molecular weight excluding hydrogens is 246 g/mol. The highest BCUT2D eigenvalue weighted by molar-refractivity contribution is 6.31. The second kappa shape index (κ2) is 5.53. The summed E-state index contributed by atoms with van der Waals surface area (Å²) in [6.07, 6.45) is 0.818.